The summed E-state index contributed by atoms with van der Waals surface area (Å²) in [6.07, 6.45) is -1.93. The summed E-state index contributed by atoms with van der Waals surface area (Å²) >= 11 is 6.24. The van der Waals surface area contributed by atoms with Gasteiger partial charge < -0.3 is 4.90 Å². The van der Waals surface area contributed by atoms with Crippen molar-refractivity contribution in [3.05, 3.63) is 40.4 Å². The molecule has 1 amide bonds. The van der Waals surface area contributed by atoms with E-state index < -0.39 is 17.4 Å². The Hall–Kier alpha value is -2.20. The second-order valence-corrected chi connectivity index (χ2v) is 11.6. The lowest BCUT2D eigenvalue weighted by molar-refractivity contribution is -0.200. The third-order valence-electron chi connectivity index (χ3n) is 8.72. The van der Waals surface area contributed by atoms with Crippen molar-refractivity contribution >= 4 is 17.5 Å². The van der Waals surface area contributed by atoms with E-state index in [0.29, 0.717) is 36.8 Å². The molecule has 3 saturated carbocycles. The fourth-order valence-corrected chi connectivity index (χ4v) is 6.63. The zero-order valence-electron chi connectivity index (χ0n) is 18.9. The molecule has 3 heterocycles. The number of fused-ring (bicyclic) bond motifs is 3. The number of alkyl halides is 4. The number of benzene rings is 1. The number of halogens is 5. The summed E-state index contributed by atoms with van der Waals surface area (Å²) in [5.74, 6) is 0.937. The molecule has 7 rings (SSSR count). The molecule has 11 heteroatoms. The molecule has 1 aromatic heterocycles. The number of carbonyl (C=O) groups is 1. The van der Waals surface area contributed by atoms with Crippen molar-refractivity contribution in [2.75, 3.05) is 13.1 Å². The van der Waals surface area contributed by atoms with Crippen molar-refractivity contribution in [1.29, 1.82) is 0 Å². The van der Waals surface area contributed by atoms with E-state index in [9.17, 15) is 22.4 Å². The lowest BCUT2D eigenvalue weighted by Crippen LogP contribution is -2.64. The average Bonchev–Trinajstić information content (AvgIpc) is 3.64. The van der Waals surface area contributed by atoms with Crippen molar-refractivity contribution in [3.8, 4) is 5.69 Å². The van der Waals surface area contributed by atoms with Gasteiger partial charge in [-0.1, -0.05) is 11.6 Å². The highest BCUT2D eigenvalue weighted by atomic mass is 35.5. The molecule has 1 aromatic carbocycles. The number of hydrogen-bond donors (Lipinski definition) is 0. The molecule has 0 N–H and O–H groups in total. The lowest BCUT2D eigenvalue weighted by Gasteiger charge is -2.59. The first-order chi connectivity index (χ1) is 16.5. The SMILES string of the molecule is O=C(N1CC2(CC(c3nnc4n3-c3ccc(Cl)cc3CN(C3(C(F)(F)F)CC3)C4)C2)C1)C1(F)CC1. The van der Waals surface area contributed by atoms with Gasteiger partial charge in [0.2, 0.25) is 0 Å². The van der Waals surface area contributed by atoms with Crippen LogP contribution < -0.4 is 0 Å². The summed E-state index contributed by atoms with van der Waals surface area (Å²) < 4.78 is 58.0. The van der Waals surface area contributed by atoms with Crippen LogP contribution in [0, 0.1) is 5.41 Å². The molecule has 5 aliphatic rings. The number of carbonyl (C=O) groups excluding carboxylic acids is 1. The Bertz CT molecular complexity index is 1240. The van der Waals surface area contributed by atoms with E-state index in [-0.39, 0.29) is 43.2 Å². The molecule has 1 spiro atoms. The monoisotopic (exact) mass is 509 g/mol. The van der Waals surface area contributed by atoms with Gasteiger partial charge in [0.15, 0.2) is 11.5 Å². The molecule has 2 aliphatic heterocycles. The molecule has 2 aromatic rings. The van der Waals surface area contributed by atoms with Crippen LogP contribution in [0.1, 0.15) is 61.7 Å². The van der Waals surface area contributed by atoms with Gasteiger partial charge in [-0.05, 0) is 62.3 Å². The smallest absolute Gasteiger partial charge is 0.339 e. The normalized spacial score (nSPS) is 25.8. The van der Waals surface area contributed by atoms with Gasteiger partial charge in [-0.15, -0.1) is 10.2 Å². The number of amides is 1. The van der Waals surface area contributed by atoms with E-state index >= 15 is 0 Å². The molecule has 0 atom stereocenters. The van der Waals surface area contributed by atoms with Crippen molar-refractivity contribution in [1.82, 2.24) is 24.6 Å². The molecule has 6 nitrogen and oxygen atoms in total. The fourth-order valence-electron chi connectivity index (χ4n) is 6.43. The lowest BCUT2D eigenvalue weighted by atomic mass is 9.57. The Balaban J connectivity index is 1.17. The summed E-state index contributed by atoms with van der Waals surface area (Å²) in [5, 5.41) is 9.26. The van der Waals surface area contributed by atoms with E-state index in [1.54, 1.807) is 17.0 Å². The summed E-state index contributed by atoms with van der Waals surface area (Å²) in [6.45, 7) is 1.30. The van der Waals surface area contributed by atoms with E-state index in [1.807, 2.05) is 10.6 Å². The van der Waals surface area contributed by atoms with Crippen LogP contribution in [0.2, 0.25) is 5.02 Å². The molecule has 4 fully saturated rings. The first-order valence-corrected chi connectivity index (χ1v) is 12.4. The third kappa shape index (κ3) is 3.14. The van der Waals surface area contributed by atoms with Crippen LogP contribution in [0.15, 0.2) is 18.2 Å². The van der Waals surface area contributed by atoms with Gasteiger partial charge in [0, 0.05) is 36.0 Å². The molecular weight excluding hydrogens is 486 g/mol. The van der Waals surface area contributed by atoms with Crippen LogP contribution in [0.25, 0.3) is 5.69 Å². The van der Waals surface area contributed by atoms with Crippen molar-refractivity contribution in [3.63, 3.8) is 0 Å². The minimum atomic E-state index is -4.32. The molecule has 1 saturated heterocycles. The maximum absolute atomic E-state index is 14.1. The van der Waals surface area contributed by atoms with Gasteiger partial charge in [-0.3, -0.25) is 14.3 Å². The van der Waals surface area contributed by atoms with Crippen LogP contribution in [-0.2, 0) is 17.9 Å². The van der Waals surface area contributed by atoms with Crippen molar-refractivity contribution in [2.24, 2.45) is 5.41 Å². The second kappa shape index (κ2) is 6.76. The topological polar surface area (TPSA) is 54.3 Å². The van der Waals surface area contributed by atoms with Gasteiger partial charge in [-0.2, -0.15) is 13.2 Å². The van der Waals surface area contributed by atoms with E-state index in [4.69, 9.17) is 11.6 Å². The zero-order chi connectivity index (χ0) is 24.4. The van der Waals surface area contributed by atoms with Crippen LogP contribution in [0.4, 0.5) is 17.6 Å². The molecule has 35 heavy (non-hydrogen) atoms. The Kier molecular flexibility index (Phi) is 4.26. The quantitative estimate of drug-likeness (QED) is 0.570. The number of aromatic nitrogens is 3. The number of likely N-dealkylation sites (tertiary alicyclic amines) is 1. The third-order valence-corrected chi connectivity index (χ3v) is 8.96. The van der Waals surface area contributed by atoms with Gasteiger partial charge in [0.25, 0.3) is 5.91 Å². The Morgan fingerprint density at radius 3 is 2.40 bits per heavy atom. The van der Waals surface area contributed by atoms with Gasteiger partial charge >= 0.3 is 6.18 Å². The Labute approximate surface area is 204 Å². The molecule has 3 aliphatic carbocycles. The van der Waals surface area contributed by atoms with Gasteiger partial charge in [0.1, 0.15) is 11.4 Å². The zero-order valence-corrected chi connectivity index (χ0v) is 19.7. The molecule has 0 unspecified atom stereocenters. The highest BCUT2D eigenvalue weighted by Crippen LogP contribution is 2.58. The standard InChI is InChI=1S/C24H24ClF4N5O/c25-16-1-2-17-14(7-16)10-33(23(5-6-23)24(27,28)29)11-18-30-31-19(34(17)18)15-8-21(9-15)12-32(13-21)20(35)22(26)3-4-22/h1-2,7,15H,3-6,8-13H2. The summed E-state index contributed by atoms with van der Waals surface area (Å²) in [7, 11) is 0. The molecule has 0 radical (unpaired) electrons. The highest BCUT2D eigenvalue weighted by molar-refractivity contribution is 6.30. The largest absolute Gasteiger partial charge is 0.406 e. The van der Waals surface area contributed by atoms with E-state index in [1.165, 1.54) is 4.90 Å². The predicted molar refractivity (Wildman–Crippen MR) is 118 cm³/mol. The first kappa shape index (κ1) is 22.0. The highest BCUT2D eigenvalue weighted by Gasteiger charge is 2.67. The summed E-state index contributed by atoms with van der Waals surface area (Å²) in [4.78, 5) is 15.4. The second-order valence-electron chi connectivity index (χ2n) is 11.2. The average molecular weight is 510 g/mol. The Morgan fingerprint density at radius 1 is 1.06 bits per heavy atom. The predicted octanol–water partition coefficient (Wildman–Crippen LogP) is 4.54. The van der Waals surface area contributed by atoms with Gasteiger partial charge in [-0.25, -0.2) is 4.39 Å². The minimum absolute atomic E-state index is 0.0219. The van der Waals surface area contributed by atoms with Gasteiger partial charge in [0.05, 0.1) is 12.2 Å². The summed E-state index contributed by atoms with van der Waals surface area (Å²) in [5.41, 5.74) is -2.00. The number of hydrogen-bond acceptors (Lipinski definition) is 4. The molecular formula is C24H24ClF4N5O. The van der Waals surface area contributed by atoms with Crippen LogP contribution in [0.3, 0.4) is 0 Å². The maximum Gasteiger partial charge on any atom is 0.406 e. The Morgan fingerprint density at radius 2 is 1.77 bits per heavy atom. The minimum Gasteiger partial charge on any atom is -0.339 e. The maximum atomic E-state index is 14.1. The number of rotatable bonds is 3. The van der Waals surface area contributed by atoms with E-state index in [2.05, 4.69) is 10.2 Å². The van der Waals surface area contributed by atoms with Crippen LogP contribution in [0.5, 0.6) is 0 Å². The van der Waals surface area contributed by atoms with Crippen LogP contribution >= 0.6 is 11.6 Å². The number of nitrogens with zero attached hydrogens (tertiary/aromatic N) is 5. The fraction of sp³-hybridized carbons (Fsp3) is 0.625. The first-order valence-electron chi connectivity index (χ1n) is 12.1. The molecule has 0 bridgehead atoms. The van der Waals surface area contributed by atoms with Crippen molar-refractivity contribution < 1.29 is 22.4 Å². The molecule has 186 valence electrons. The summed E-state index contributed by atoms with van der Waals surface area (Å²) in [6, 6.07) is 5.30. The van der Waals surface area contributed by atoms with Crippen molar-refractivity contribution in [2.45, 2.75) is 74.9 Å². The van der Waals surface area contributed by atoms with Crippen LogP contribution in [-0.4, -0.2) is 60.9 Å². The van der Waals surface area contributed by atoms with E-state index in [0.717, 1.165) is 29.9 Å².